The van der Waals surface area contributed by atoms with Gasteiger partial charge < -0.3 is 19.8 Å². The molecule has 0 fully saturated rings. The van der Waals surface area contributed by atoms with E-state index in [0.29, 0.717) is 24.8 Å². The summed E-state index contributed by atoms with van der Waals surface area (Å²) in [6.45, 7) is 1.22. The van der Waals surface area contributed by atoms with Gasteiger partial charge in [0, 0.05) is 7.05 Å². The summed E-state index contributed by atoms with van der Waals surface area (Å²) in [4.78, 5) is 4.04. The summed E-state index contributed by atoms with van der Waals surface area (Å²) in [5.41, 5.74) is -0.699. The van der Waals surface area contributed by atoms with Crippen molar-refractivity contribution < 1.29 is 22.3 Å². The maximum atomic E-state index is 12.5. The summed E-state index contributed by atoms with van der Waals surface area (Å²) in [6.07, 6.45) is -2.75. The van der Waals surface area contributed by atoms with Gasteiger partial charge in [0.1, 0.15) is 18.1 Å². The molecule has 0 radical (unpaired) electrons. The second-order valence-corrected chi connectivity index (χ2v) is 4.80. The van der Waals surface area contributed by atoms with E-state index in [4.69, 9.17) is 9.15 Å². The zero-order chi connectivity index (χ0) is 17.4. The highest BCUT2D eigenvalue weighted by Crippen LogP contribution is 2.30. The Balaban J connectivity index is 1.69. The number of nitrogens with zero attached hydrogens (tertiary/aromatic N) is 1. The topological polar surface area (TPSA) is 58.8 Å². The average Bonchev–Trinajstić information content (AvgIpc) is 3.07. The molecular formula is C16H18F3N3O2. The predicted molar refractivity (Wildman–Crippen MR) is 83.8 cm³/mol. The molecule has 0 aliphatic carbocycles. The van der Waals surface area contributed by atoms with Crippen LogP contribution in [0.4, 0.5) is 13.2 Å². The number of guanidine groups is 1. The zero-order valence-corrected chi connectivity index (χ0v) is 13.1. The summed E-state index contributed by atoms with van der Waals surface area (Å²) >= 11 is 0. The van der Waals surface area contributed by atoms with Crippen LogP contribution in [0.1, 0.15) is 11.3 Å². The second-order valence-electron chi connectivity index (χ2n) is 4.80. The molecule has 0 atom stereocenters. The lowest BCUT2D eigenvalue weighted by Gasteiger charge is -2.12. The third-order valence-electron chi connectivity index (χ3n) is 3.08. The average molecular weight is 341 g/mol. The van der Waals surface area contributed by atoms with Crippen LogP contribution in [0.3, 0.4) is 0 Å². The maximum Gasteiger partial charge on any atom is 0.416 e. The van der Waals surface area contributed by atoms with Gasteiger partial charge in [-0.2, -0.15) is 13.2 Å². The van der Waals surface area contributed by atoms with Crippen LogP contribution in [0.5, 0.6) is 5.75 Å². The lowest BCUT2D eigenvalue weighted by Crippen LogP contribution is -2.38. The van der Waals surface area contributed by atoms with Crippen LogP contribution >= 0.6 is 0 Å². The van der Waals surface area contributed by atoms with Crippen LogP contribution in [0.2, 0.25) is 0 Å². The molecule has 130 valence electrons. The standard InChI is InChI=1S/C16H18F3N3O2/c1-20-15(22-11-14-3-2-9-23-14)21-8-10-24-13-6-4-12(5-7-13)16(17,18)19/h2-7,9H,8,10-11H2,1H3,(H2,20,21,22). The van der Waals surface area contributed by atoms with Crippen LogP contribution < -0.4 is 15.4 Å². The van der Waals surface area contributed by atoms with Crippen molar-refractivity contribution in [2.75, 3.05) is 20.2 Å². The third kappa shape index (κ3) is 5.53. The fourth-order valence-electron chi connectivity index (χ4n) is 1.88. The van der Waals surface area contributed by atoms with Gasteiger partial charge >= 0.3 is 6.18 Å². The number of hydrogen-bond donors (Lipinski definition) is 2. The lowest BCUT2D eigenvalue weighted by molar-refractivity contribution is -0.137. The minimum atomic E-state index is -4.34. The van der Waals surface area contributed by atoms with E-state index in [1.54, 1.807) is 19.4 Å². The van der Waals surface area contributed by atoms with Gasteiger partial charge in [-0.15, -0.1) is 0 Å². The van der Waals surface area contributed by atoms with Crippen molar-refractivity contribution in [3.63, 3.8) is 0 Å². The van der Waals surface area contributed by atoms with E-state index in [0.717, 1.165) is 17.9 Å². The van der Waals surface area contributed by atoms with Gasteiger partial charge in [-0.3, -0.25) is 4.99 Å². The first-order valence-electron chi connectivity index (χ1n) is 7.26. The normalized spacial score (nSPS) is 12.1. The van der Waals surface area contributed by atoms with Crippen LogP contribution in [0, 0.1) is 0 Å². The van der Waals surface area contributed by atoms with Crippen molar-refractivity contribution in [3.05, 3.63) is 54.0 Å². The van der Waals surface area contributed by atoms with E-state index in [1.165, 1.54) is 12.1 Å². The molecule has 0 spiro atoms. The van der Waals surface area contributed by atoms with Crippen molar-refractivity contribution >= 4 is 5.96 Å². The highest BCUT2D eigenvalue weighted by Gasteiger charge is 2.29. The fraction of sp³-hybridized carbons (Fsp3) is 0.312. The number of benzene rings is 1. The van der Waals surface area contributed by atoms with Gasteiger partial charge in [0.15, 0.2) is 5.96 Å². The predicted octanol–water partition coefficient (Wildman–Crippen LogP) is 3.04. The number of halogens is 3. The lowest BCUT2D eigenvalue weighted by atomic mass is 10.2. The molecule has 5 nitrogen and oxygen atoms in total. The first kappa shape index (κ1) is 17.7. The van der Waals surface area contributed by atoms with Crippen LogP contribution in [0.15, 0.2) is 52.1 Å². The first-order chi connectivity index (χ1) is 11.5. The quantitative estimate of drug-likeness (QED) is 0.482. The molecule has 2 rings (SSSR count). The second kappa shape index (κ2) is 8.28. The smallest absolute Gasteiger partial charge is 0.416 e. The highest BCUT2D eigenvalue weighted by molar-refractivity contribution is 5.79. The SMILES string of the molecule is CN=C(NCCOc1ccc(C(F)(F)F)cc1)NCc1ccco1. The number of rotatable bonds is 6. The summed E-state index contributed by atoms with van der Waals surface area (Å²) in [7, 11) is 1.63. The molecule has 1 aromatic heterocycles. The highest BCUT2D eigenvalue weighted by atomic mass is 19.4. The van der Waals surface area contributed by atoms with E-state index in [1.807, 2.05) is 6.07 Å². The van der Waals surface area contributed by atoms with Crippen molar-refractivity contribution in [1.82, 2.24) is 10.6 Å². The van der Waals surface area contributed by atoms with Gasteiger partial charge in [0.25, 0.3) is 0 Å². The number of hydrogen-bond acceptors (Lipinski definition) is 3. The van der Waals surface area contributed by atoms with Gasteiger partial charge in [-0.1, -0.05) is 0 Å². The van der Waals surface area contributed by atoms with Gasteiger partial charge in [0.2, 0.25) is 0 Å². The van der Waals surface area contributed by atoms with Crippen LogP contribution in [-0.2, 0) is 12.7 Å². The Hall–Kier alpha value is -2.64. The van der Waals surface area contributed by atoms with Crippen molar-refractivity contribution in [2.24, 2.45) is 4.99 Å². The Morgan fingerprint density at radius 1 is 1.17 bits per heavy atom. The maximum absolute atomic E-state index is 12.5. The molecule has 0 bridgehead atoms. The number of nitrogens with one attached hydrogen (secondary N) is 2. The van der Waals surface area contributed by atoms with E-state index in [9.17, 15) is 13.2 Å². The van der Waals surface area contributed by atoms with Gasteiger partial charge in [-0.25, -0.2) is 0 Å². The molecule has 0 amide bonds. The van der Waals surface area contributed by atoms with E-state index in [-0.39, 0.29) is 6.61 Å². The van der Waals surface area contributed by atoms with Crippen molar-refractivity contribution in [1.29, 1.82) is 0 Å². The monoisotopic (exact) mass is 341 g/mol. The summed E-state index contributed by atoms with van der Waals surface area (Å²) in [5.74, 6) is 1.73. The van der Waals surface area contributed by atoms with Crippen molar-refractivity contribution in [3.8, 4) is 5.75 Å². The number of furan rings is 1. The summed E-state index contributed by atoms with van der Waals surface area (Å²) < 4.78 is 47.9. The van der Waals surface area contributed by atoms with Gasteiger partial charge in [0.05, 0.1) is 24.9 Å². The minimum Gasteiger partial charge on any atom is -0.492 e. The molecule has 24 heavy (non-hydrogen) atoms. The molecule has 8 heteroatoms. The van der Waals surface area contributed by atoms with Crippen LogP contribution in [-0.4, -0.2) is 26.2 Å². The zero-order valence-electron chi connectivity index (χ0n) is 13.1. The van der Waals surface area contributed by atoms with E-state index < -0.39 is 11.7 Å². The molecule has 2 N–H and O–H groups in total. The largest absolute Gasteiger partial charge is 0.492 e. The molecule has 0 aliphatic rings. The number of alkyl halides is 3. The molecule has 0 saturated heterocycles. The Morgan fingerprint density at radius 2 is 1.92 bits per heavy atom. The van der Waals surface area contributed by atoms with Crippen LogP contribution in [0.25, 0.3) is 0 Å². The molecular weight excluding hydrogens is 323 g/mol. The Labute approximate surface area is 137 Å². The van der Waals surface area contributed by atoms with E-state index in [2.05, 4.69) is 15.6 Å². The molecule has 2 aromatic rings. The van der Waals surface area contributed by atoms with Crippen molar-refractivity contribution in [2.45, 2.75) is 12.7 Å². The number of ether oxygens (including phenoxy) is 1. The first-order valence-corrected chi connectivity index (χ1v) is 7.26. The number of aliphatic imine (C=N–C) groups is 1. The Bertz CT molecular complexity index is 638. The van der Waals surface area contributed by atoms with E-state index >= 15 is 0 Å². The molecule has 1 aromatic carbocycles. The molecule has 0 aliphatic heterocycles. The Kier molecular flexibility index (Phi) is 6.11. The third-order valence-corrected chi connectivity index (χ3v) is 3.08. The van der Waals surface area contributed by atoms with Gasteiger partial charge in [-0.05, 0) is 36.4 Å². The summed E-state index contributed by atoms with van der Waals surface area (Å²) in [5, 5.41) is 6.09. The minimum absolute atomic E-state index is 0.285. The Morgan fingerprint density at radius 3 is 2.50 bits per heavy atom. The summed E-state index contributed by atoms with van der Waals surface area (Å²) in [6, 6.07) is 8.22. The molecule has 1 heterocycles. The molecule has 0 saturated carbocycles. The fourth-order valence-corrected chi connectivity index (χ4v) is 1.88. The molecule has 0 unspecified atom stereocenters.